The highest BCUT2D eigenvalue weighted by Crippen LogP contribution is 2.13. The smallest absolute Gasteiger partial charge is 0.437 e. The Bertz CT molecular complexity index is 1250. The maximum absolute atomic E-state index is 13.3. The molecule has 0 fully saturated rings. The third-order valence-corrected chi connectivity index (χ3v) is 6.33. The number of carbonyl (C=O) groups is 3. The lowest BCUT2D eigenvalue weighted by molar-refractivity contribution is -0.124. The average Bonchev–Trinajstić information content (AvgIpc) is 3.51. The van der Waals surface area contributed by atoms with Crippen LogP contribution >= 0.6 is 11.3 Å². The van der Waals surface area contributed by atoms with Gasteiger partial charge in [0.05, 0.1) is 12.6 Å². The van der Waals surface area contributed by atoms with Crippen LogP contribution in [0.2, 0.25) is 0 Å². The monoisotopic (exact) mass is 542 g/mol. The Kier molecular flexibility index (Phi) is 10.4. The largest absolute Gasteiger partial charge is 0.445 e. The van der Waals surface area contributed by atoms with Crippen molar-refractivity contribution in [3.8, 4) is 0 Å². The lowest BCUT2D eigenvalue weighted by atomic mass is 9.98. The summed E-state index contributed by atoms with van der Waals surface area (Å²) in [4.78, 5) is 51.3. The summed E-state index contributed by atoms with van der Waals surface area (Å²) in [5, 5.41) is 13.2. The minimum absolute atomic E-state index is 0.0382. The van der Waals surface area contributed by atoms with Gasteiger partial charge in [0.2, 0.25) is 11.7 Å². The molecule has 204 valence electrons. The first kappa shape index (κ1) is 28.8. The standard InChI is InChI=1S/C27H34N4O6S/c1-17(2)12-21(23(32)25-30-31(27(35)37-25)14-20-10-11-38-16-20)28-24(33)22(13-18(3)4)29-26(34)36-15-19-8-6-5-7-9-19/h5-11,16-18,21-22H,12-15H2,1-4H3,(H,28,33)(H,29,34). The molecule has 10 nitrogen and oxygen atoms in total. The van der Waals surface area contributed by atoms with Gasteiger partial charge in [0.15, 0.2) is 0 Å². The van der Waals surface area contributed by atoms with E-state index in [0.29, 0.717) is 12.8 Å². The Morgan fingerprint density at radius 2 is 1.66 bits per heavy atom. The second-order valence-corrected chi connectivity index (χ2v) is 10.7. The molecule has 1 aromatic carbocycles. The fourth-order valence-electron chi connectivity index (χ4n) is 3.80. The van der Waals surface area contributed by atoms with Crippen molar-refractivity contribution in [3.05, 3.63) is 74.7 Å². The van der Waals surface area contributed by atoms with Crippen LogP contribution in [0.3, 0.4) is 0 Å². The summed E-state index contributed by atoms with van der Waals surface area (Å²) < 4.78 is 11.5. The molecule has 11 heteroatoms. The van der Waals surface area contributed by atoms with E-state index < -0.39 is 35.6 Å². The summed E-state index contributed by atoms with van der Waals surface area (Å²) in [5.74, 6) is -2.15. The summed E-state index contributed by atoms with van der Waals surface area (Å²) in [6, 6.07) is 9.12. The molecule has 0 aliphatic rings. The Labute approximate surface area is 225 Å². The Balaban J connectivity index is 1.70. The van der Waals surface area contributed by atoms with E-state index in [1.54, 1.807) is 0 Å². The zero-order valence-corrected chi connectivity index (χ0v) is 22.8. The summed E-state index contributed by atoms with van der Waals surface area (Å²) in [6.07, 6.45) is -0.114. The highest BCUT2D eigenvalue weighted by atomic mass is 32.1. The van der Waals surface area contributed by atoms with Crippen LogP contribution < -0.4 is 16.4 Å². The van der Waals surface area contributed by atoms with Gasteiger partial charge in [-0.25, -0.2) is 9.59 Å². The molecule has 0 saturated carbocycles. The van der Waals surface area contributed by atoms with Crippen LogP contribution in [-0.2, 0) is 22.7 Å². The van der Waals surface area contributed by atoms with Crippen LogP contribution in [0, 0.1) is 11.8 Å². The van der Waals surface area contributed by atoms with E-state index in [2.05, 4.69) is 15.7 Å². The fourth-order valence-corrected chi connectivity index (χ4v) is 4.46. The Morgan fingerprint density at radius 3 is 2.29 bits per heavy atom. The van der Waals surface area contributed by atoms with Gasteiger partial charge in [-0.15, -0.1) is 5.10 Å². The van der Waals surface area contributed by atoms with Crippen molar-refractivity contribution in [3.63, 3.8) is 0 Å². The number of Topliss-reactive ketones (excluding diaryl/α,β-unsaturated/α-hetero) is 1. The molecule has 0 bridgehead atoms. The molecule has 2 N–H and O–H groups in total. The first-order valence-corrected chi connectivity index (χ1v) is 13.5. The molecule has 0 radical (unpaired) electrons. The van der Waals surface area contributed by atoms with E-state index in [0.717, 1.165) is 15.8 Å². The van der Waals surface area contributed by atoms with Gasteiger partial charge in [-0.05, 0) is 52.6 Å². The van der Waals surface area contributed by atoms with Crippen LogP contribution in [0.5, 0.6) is 0 Å². The number of amides is 2. The third-order valence-electron chi connectivity index (χ3n) is 5.60. The van der Waals surface area contributed by atoms with E-state index in [4.69, 9.17) is 9.15 Å². The molecule has 0 aliphatic heterocycles. The summed E-state index contributed by atoms with van der Waals surface area (Å²) in [7, 11) is 0. The molecule has 2 aromatic heterocycles. The molecule has 2 amide bonds. The quantitative estimate of drug-likeness (QED) is 0.312. The van der Waals surface area contributed by atoms with Crippen molar-refractivity contribution in [2.75, 3.05) is 0 Å². The second-order valence-electron chi connectivity index (χ2n) is 9.91. The number of rotatable bonds is 13. The van der Waals surface area contributed by atoms with Gasteiger partial charge >= 0.3 is 11.8 Å². The molecule has 2 unspecified atom stereocenters. The Morgan fingerprint density at radius 1 is 0.974 bits per heavy atom. The molecule has 2 atom stereocenters. The summed E-state index contributed by atoms with van der Waals surface area (Å²) in [6.45, 7) is 7.88. The van der Waals surface area contributed by atoms with Crippen molar-refractivity contribution in [2.45, 2.75) is 65.8 Å². The van der Waals surface area contributed by atoms with Gasteiger partial charge in [0.1, 0.15) is 12.6 Å². The number of thiophene rings is 1. The van der Waals surface area contributed by atoms with E-state index >= 15 is 0 Å². The van der Waals surface area contributed by atoms with Crippen LogP contribution in [0.25, 0.3) is 0 Å². The number of hydrogen-bond donors (Lipinski definition) is 2. The predicted molar refractivity (Wildman–Crippen MR) is 143 cm³/mol. The zero-order valence-electron chi connectivity index (χ0n) is 22.0. The highest BCUT2D eigenvalue weighted by Gasteiger charge is 2.31. The number of ether oxygens (including phenoxy) is 1. The minimum atomic E-state index is -0.994. The Hall–Kier alpha value is -3.73. The van der Waals surface area contributed by atoms with Crippen molar-refractivity contribution in [2.24, 2.45) is 11.8 Å². The SMILES string of the molecule is CC(C)CC(NC(=O)OCc1ccccc1)C(=O)NC(CC(C)C)C(=O)c1nn(Cc2ccsc2)c(=O)o1. The van der Waals surface area contributed by atoms with Crippen molar-refractivity contribution in [1.82, 2.24) is 20.4 Å². The van der Waals surface area contributed by atoms with Crippen molar-refractivity contribution >= 4 is 29.1 Å². The van der Waals surface area contributed by atoms with Gasteiger partial charge in [0, 0.05) is 0 Å². The van der Waals surface area contributed by atoms with Crippen LogP contribution in [0.15, 0.2) is 56.4 Å². The molecule has 3 rings (SSSR count). The molecular formula is C27H34N4O6S. The van der Waals surface area contributed by atoms with Crippen molar-refractivity contribution in [1.29, 1.82) is 0 Å². The number of carbonyl (C=O) groups excluding carboxylic acids is 3. The number of benzene rings is 1. The lowest BCUT2D eigenvalue weighted by Gasteiger charge is -2.24. The average molecular weight is 543 g/mol. The first-order chi connectivity index (χ1) is 18.1. The van der Waals surface area contributed by atoms with E-state index in [9.17, 15) is 19.2 Å². The van der Waals surface area contributed by atoms with Crippen LogP contribution in [-0.4, -0.2) is 39.6 Å². The molecule has 38 heavy (non-hydrogen) atoms. The number of aromatic nitrogens is 2. The van der Waals surface area contributed by atoms with Crippen molar-refractivity contribution < 1.29 is 23.5 Å². The fraction of sp³-hybridized carbons (Fsp3) is 0.444. The van der Waals surface area contributed by atoms with Gasteiger partial charge in [0.25, 0.3) is 5.89 Å². The molecule has 0 spiro atoms. The molecular weight excluding hydrogens is 508 g/mol. The molecule has 0 aliphatic carbocycles. The summed E-state index contributed by atoms with van der Waals surface area (Å²) in [5.41, 5.74) is 1.67. The summed E-state index contributed by atoms with van der Waals surface area (Å²) >= 11 is 1.48. The highest BCUT2D eigenvalue weighted by molar-refractivity contribution is 7.07. The number of hydrogen-bond acceptors (Lipinski definition) is 8. The maximum Gasteiger partial charge on any atom is 0.437 e. The van der Waals surface area contributed by atoms with E-state index in [1.165, 1.54) is 11.3 Å². The van der Waals surface area contributed by atoms with Crippen LogP contribution in [0.1, 0.15) is 62.3 Å². The number of nitrogens with one attached hydrogen (secondary N) is 2. The number of ketones is 1. The maximum atomic E-state index is 13.3. The predicted octanol–water partition coefficient (Wildman–Crippen LogP) is 4.00. The van der Waals surface area contributed by atoms with E-state index in [1.807, 2.05) is 74.9 Å². The number of nitrogens with zero attached hydrogens (tertiary/aromatic N) is 2. The number of alkyl carbamates (subject to hydrolysis) is 1. The second kappa shape index (κ2) is 13.7. The zero-order chi connectivity index (χ0) is 27.7. The normalized spacial score (nSPS) is 12.8. The van der Waals surface area contributed by atoms with Gasteiger partial charge in [-0.3, -0.25) is 9.59 Å². The van der Waals surface area contributed by atoms with Gasteiger partial charge in [-0.1, -0.05) is 58.0 Å². The van der Waals surface area contributed by atoms with Gasteiger partial charge in [-0.2, -0.15) is 16.0 Å². The van der Waals surface area contributed by atoms with E-state index in [-0.39, 0.29) is 30.9 Å². The molecule has 3 aromatic rings. The van der Waals surface area contributed by atoms with Gasteiger partial charge < -0.3 is 19.8 Å². The molecule has 2 heterocycles. The lowest BCUT2D eigenvalue weighted by Crippen LogP contribution is -2.52. The molecule has 0 saturated heterocycles. The first-order valence-electron chi connectivity index (χ1n) is 12.5. The topological polar surface area (TPSA) is 133 Å². The van der Waals surface area contributed by atoms with Crippen LogP contribution in [0.4, 0.5) is 4.79 Å². The third kappa shape index (κ3) is 8.69. The minimum Gasteiger partial charge on any atom is -0.445 e.